The van der Waals surface area contributed by atoms with Crippen LogP contribution in [0.4, 0.5) is 0 Å². The lowest BCUT2D eigenvalue weighted by atomic mass is 9.93. The molecule has 1 aliphatic carbocycles. The van der Waals surface area contributed by atoms with Gasteiger partial charge < -0.3 is 0 Å². The van der Waals surface area contributed by atoms with Gasteiger partial charge in [0, 0.05) is 19.9 Å². The first-order chi connectivity index (χ1) is 8.66. The molecule has 0 bridgehead atoms. The summed E-state index contributed by atoms with van der Waals surface area (Å²) in [6, 6.07) is 0.852. The molecule has 0 radical (unpaired) electrons. The third-order valence-corrected chi connectivity index (χ3v) is 5.28. The second-order valence-electron chi connectivity index (χ2n) is 6.33. The van der Waals surface area contributed by atoms with Crippen LogP contribution in [0.1, 0.15) is 71.6 Å². The van der Waals surface area contributed by atoms with Crippen molar-refractivity contribution in [3.8, 4) is 0 Å². The number of nitrogens with one attached hydrogen (secondary N) is 1. The molecule has 1 rings (SSSR count). The van der Waals surface area contributed by atoms with Crippen molar-refractivity contribution in [1.82, 2.24) is 5.43 Å². The summed E-state index contributed by atoms with van der Waals surface area (Å²) in [5.41, 5.74) is 3.60. The lowest BCUT2D eigenvalue weighted by Crippen LogP contribution is -2.60. The molecule has 0 heterocycles. The van der Waals surface area contributed by atoms with Crippen LogP contribution >= 0.6 is 0 Å². The Morgan fingerprint density at radius 2 is 1.72 bits per heavy atom. The maximum Gasteiger partial charge on any atom is 0.106 e. The van der Waals surface area contributed by atoms with Crippen LogP contribution in [0.2, 0.25) is 0 Å². The number of nitrogens with zero attached hydrogens (tertiary/aromatic N) is 1. The molecule has 0 aromatic rings. The van der Waals surface area contributed by atoms with Gasteiger partial charge in [0.05, 0.1) is 13.6 Å². The van der Waals surface area contributed by atoms with E-state index < -0.39 is 0 Å². The van der Waals surface area contributed by atoms with E-state index in [0.717, 1.165) is 16.6 Å². The Morgan fingerprint density at radius 3 is 2.22 bits per heavy atom. The van der Waals surface area contributed by atoms with Crippen LogP contribution in [-0.4, -0.2) is 31.3 Å². The van der Waals surface area contributed by atoms with Crippen molar-refractivity contribution in [2.75, 3.05) is 20.6 Å². The Labute approximate surface area is 115 Å². The highest BCUT2D eigenvalue weighted by Gasteiger charge is 2.32. The van der Waals surface area contributed by atoms with Crippen LogP contribution in [-0.2, 0) is 0 Å². The number of quaternary nitrogens is 1. The summed E-state index contributed by atoms with van der Waals surface area (Å²) in [5.74, 6) is 0.946. The summed E-state index contributed by atoms with van der Waals surface area (Å²) in [7, 11) is 4.55. The predicted molar refractivity (Wildman–Crippen MR) is 80.3 cm³/mol. The molecule has 2 nitrogen and oxygen atoms in total. The van der Waals surface area contributed by atoms with Crippen molar-refractivity contribution in [3.05, 3.63) is 0 Å². The number of hydrogen-bond acceptors (Lipinski definition) is 1. The van der Waals surface area contributed by atoms with Gasteiger partial charge in [-0.05, 0) is 31.6 Å². The van der Waals surface area contributed by atoms with Crippen molar-refractivity contribution in [2.45, 2.75) is 77.7 Å². The molecule has 1 atom stereocenters. The fraction of sp³-hybridized carbons (Fsp3) is 1.00. The van der Waals surface area contributed by atoms with Crippen molar-refractivity contribution < 1.29 is 4.59 Å². The minimum Gasteiger partial charge on any atom is -0.246 e. The fourth-order valence-corrected chi connectivity index (χ4v) is 3.53. The number of hydrogen-bond donors (Lipinski definition) is 1. The van der Waals surface area contributed by atoms with E-state index in [0.29, 0.717) is 0 Å². The minimum absolute atomic E-state index is 0.852. The van der Waals surface area contributed by atoms with E-state index in [1.54, 1.807) is 0 Å². The summed E-state index contributed by atoms with van der Waals surface area (Å²) in [6.07, 6.45) is 12.7. The molecule has 2 heteroatoms. The van der Waals surface area contributed by atoms with Crippen molar-refractivity contribution in [1.29, 1.82) is 0 Å². The molecule has 0 aromatic heterocycles. The van der Waals surface area contributed by atoms with E-state index in [1.807, 2.05) is 0 Å². The van der Waals surface area contributed by atoms with Crippen molar-refractivity contribution in [3.63, 3.8) is 0 Å². The van der Waals surface area contributed by atoms with Gasteiger partial charge in [-0.25, -0.2) is 4.59 Å². The maximum atomic E-state index is 3.60. The summed E-state index contributed by atoms with van der Waals surface area (Å²) in [4.78, 5) is 0. The third kappa shape index (κ3) is 4.55. The van der Waals surface area contributed by atoms with Gasteiger partial charge in [0.25, 0.3) is 0 Å². The van der Waals surface area contributed by atoms with Gasteiger partial charge in [0.1, 0.15) is 6.04 Å². The molecule has 1 unspecified atom stereocenters. The van der Waals surface area contributed by atoms with Crippen LogP contribution in [0.3, 0.4) is 0 Å². The Bertz CT molecular complexity index is 207. The Hall–Kier alpha value is -0.0800. The largest absolute Gasteiger partial charge is 0.246 e. The second kappa shape index (κ2) is 8.16. The lowest BCUT2D eigenvalue weighted by molar-refractivity contribution is -0.974. The smallest absolute Gasteiger partial charge is 0.106 e. The van der Waals surface area contributed by atoms with Crippen molar-refractivity contribution in [2.24, 2.45) is 5.92 Å². The summed E-state index contributed by atoms with van der Waals surface area (Å²) in [5, 5.41) is 0. The van der Waals surface area contributed by atoms with E-state index in [-0.39, 0.29) is 0 Å². The summed E-state index contributed by atoms with van der Waals surface area (Å²) < 4.78 is 1.10. The average Bonchev–Trinajstić information content (AvgIpc) is 2.44. The zero-order valence-corrected chi connectivity index (χ0v) is 13.2. The predicted octanol–water partition coefficient (Wildman–Crippen LogP) is 4.12. The van der Waals surface area contributed by atoms with Crippen LogP contribution in [0, 0.1) is 5.92 Å². The highest BCUT2D eigenvalue weighted by atomic mass is 15.6. The zero-order chi connectivity index (χ0) is 13.4. The van der Waals surface area contributed by atoms with Crippen LogP contribution in [0.15, 0.2) is 0 Å². The molecule has 0 aliphatic heterocycles. The quantitative estimate of drug-likeness (QED) is 0.508. The Balaban J connectivity index is 2.38. The van der Waals surface area contributed by atoms with E-state index in [1.165, 1.54) is 64.3 Å². The third-order valence-electron chi connectivity index (χ3n) is 5.28. The molecule has 1 saturated carbocycles. The average molecular weight is 255 g/mol. The molecule has 18 heavy (non-hydrogen) atoms. The van der Waals surface area contributed by atoms with E-state index >= 15 is 0 Å². The highest BCUT2D eigenvalue weighted by molar-refractivity contribution is 4.66. The number of rotatable bonds is 8. The first kappa shape index (κ1) is 16.0. The first-order valence-corrected chi connectivity index (χ1v) is 8.20. The lowest BCUT2D eigenvalue weighted by Gasteiger charge is -2.42. The SMILES string of the molecule is CCC(CC)CCC[N+](C)(NC)C1CCCCC1. The second-order valence-corrected chi connectivity index (χ2v) is 6.33. The van der Waals surface area contributed by atoms with Crippen molar-refractivity contribution >= 4 is 0 Å². The van der Waals surface area contributed by atoms with Crippen LogP contribution < -0.4 is 5.43 Å². The zero-order valence-electron chi connectivity index (χ0n) is 13.2. The van der Waals surface area contributed by atoms with E-state index in [9.17, 15) is 0 Å². The summed E-state index contributed by atoms with van der Waals surface area (Å²) in [6.45, 7) is 5.97. The Kier molecular flexibility index (Phi) is 7.25. The highest BCUT2D eigenvalue weighted by Crippen LogP contribution is 2.26. The van der Waals surface area contributed by atoms with E-state index in [4.69, 9.17) is 0 Å². The van der Waals surface area contributed by atoms with E-state index in [2.05, 4.69) is 33.4 Å². The molecule has 1 N–H and O–H groups in total. The van der Waals surface area contributed by atoms with Gasteiger partial charge in [-0.1, -0.05) is 33.1 Å². The fourth-order valence-electron chi connectivity index (χ4n) is 3.53. The normalized spacial score (nSPS) is 21.2. The standard InChI is InChI=1S/C16H35N2/c1-5-15(6-2)11-10-14-18(4,17-3)16-12-8-7-9-13-16/h15-17H,5-14H2,1-4H3/q+1. The molecule has 0 saturated heterocycles. The Morgan fingerprint density at radius 1 is 1.11 bits per heavy atom. The molecular formula is C16H35N2+. The monoisotopic (exact) mass is 255 g/mol. The molecule has 1 fully saturated rings. The summed E-state index contributed by atoms with van der Waals surface area (Å²) >= 11 is 0. The molecular weight excluding hydrogens is 220 g/mol. The maximum absolute atomic E-state index is 3.60. The van der Waals surface area contributed by atoms with Crippen LogP contribution in [0.5, 0.6) is 0 Å². The molecule has 0 amide bonds. The molecule has 0 aromatic carbocycles. The molecule has 108 valence electrons. The van der Waals surface area contributed by atoms with Gasteiger partial charge in [-0.15, -0.1) is 0 Å². The van der Waals surface area contributed by atoms with Gasteiger partial charge >= 0.3 is 0 Å². The van der Waals surface area contributed by atoms with Crippen LogP contribution in [0.25, 0.3) is 0 Å². The first-order valence-electron chi connectivity index (χ1n) is 8.20. The van der Waals surface area contributed by atoms with Gasteiger partial charge in [-0.2, -0.15) is 5.43 Å². The topological polar surface area (TPSA) is 12.0 Å². The van der Waals surface area contributed by atoms with Gasteiger partial charge in [0.2, 0.25) is 0 Å². The minimum atomic E-state index is 0.852. The van der Waals surface area contributed by atoms with Gasteiger partial charge in [0.15, 0.2) is 0 Å². The molecule has 0 spiro atoms. The molecule has 1 aliphatic rings. The van der Waals surface area contributed by atoms with Gasteiger partial charge in [-0.3, -0.25) is 0 Å².